The number of hydrogen-bond donors (Lipinski definition) is 1. The minimum absolute atomic E-state index is 1.38. The van der Waals surface area contributed by atoms with E-state index >= 15 is 0 Å². The molecule has 0 aromatic rings. The summed E-state index contributed by atoms with van der Waals surface area (Å²) in [5.74, 6) is 0. The van der Waals surface area contributed by atoms with Crippen LogP contribution in [0.15, 0.2) is 0 Å². The predicted molar refractivity (Wildman–Crippen MR) is 21.7 cm³/mol. The molecule has 4 heteroatoms. The molecule has 0 aromatic carbocycles. The zero-order valence-electron chi connectivity index (χ0n) is 3.33. The first-order valence-corrected chi connectivity index (χ1v) is 1.72. The zero-order valence-corrected chi connectivity index (χ0v) is 3.33. The molecule has 0 bridgehead atoms. The van der Waals surface area contributed by atoms with Crippen LogP contribution in [0.3, 0.4) is 0 Å². The lowest BCUT2D eigenvalue weighted by Crippen LogP contribution is -2.55. The van der Waals surface area contributed by atoms with Gasteiger partial charge in [0.15, 0.2) is 0 Å². The van der Waals surface area contributed by atoms with Crippen LogP contribution in [0.2, 0.25) is 0 Å². The van der Waals surface area contributed by atoms with Crippen molar-refractivity contribution in [3.05, 3.63) is 16.0 Å². The lowest BCUT2D eigenvalue weighted by atomic mass is 11.0. The Hall–Kier alpha value is -0.730. The summed E-state index contributed by atoms with van der Waals surface area (Å²) >= 11 is 0. The normalized spacial score (nSPS) is 13.3. The molecule has 1 aliphatic rings. The first-order valence-electron chi connectivity index (χ1n) is 1.72. The maximum Gasteiger partial charge on any atom is 0.125 e. The van der Waals surface area contributed by atoms with Crippen LogP contribution in [0.1, 0.15) is 0 Å². The Morgan fingerprint density at radius 3 is 1.50 bits per heavy atom. The molecular weight excluding hydrogens is 80.0 g/mol. The van der Waals surface area contributed by atoms with Crippen LogP contribution in [0.5, 0.6) is 0 Å². The molecule has 1 rings (SSSR count). The molecule has 6 heavy (non-hydrogen) atoms. The Labute approximate surface area is 35.6 Å². The monoisotopic (exact) mass is 86.1 g/mol. The summed E-state index contributed by atoms with van der Waals surface area (Å²) in [4.78, 5) is 1.50. The summed E-state index contributed by atoms with van der Waals surface area (Å²) in [5.41, 5.74) is 13.5. The van der Waals surface area contributed by atoms with Crippen molar-refractivity contribution in [3.8, 4) is 0 Å². The number of nitrogens with two attached hydrogens (primary N) is 1. The van der Waals surface area contributed by atoms with E-state index in [1.54, 1.807) is 0 Å². The molecule has 0 unspecified atom stereocenters. The molecule has 0 spiro atoms. The van der Waals surface area contributed by atoms with E-state index in [-0.39, 0.29) is 0 Å². The highest BCUT2D eigenvalue weighted by Gasteiger charge is 1.99. The third-order valence-corrected chi connectivity index (χ3v) is 0.289. The second kappa shape index (κ2) is 4.27. The van der Waals surface area contributed by atoms with Gasteiger partial charge in [0, 0.05) is 0 Å². The van der Waals surface area contributed by atoms with E-state index in [0.717, 1.165) is 0 Å². The minimum atomic E-state index is 1.38. The third-order valence-electron chi connectivity index (χ3n) is 0.289. The van der Waals surface area contributed by atoms with Crippen molar-refractivity contribution in [1.82, 2.24) is 0 Å². The van der Waals surface area contributed by atoms with Crippen LogP contribution in [0, 0.1) is 0 Å². The fourth-order valence-electron chi connectivity index (χ4n) is 0. The Kier molecular flexibility index (Phi) is 3.75. The Morgan fingerprint density at radius 1 is 1.33 bits per heavy atom. The molecule has 0 aliphatic carbocycles. The highest BCUT2D eigenvalue weighted by atomic mass is 15.0. The molecule has 34 valence electrons. The van der Waals surface area contributed by atoms with Gasteiger partial charge in [-0.3, -0.25) is 4.91 Å². The van der Waals surface area contributed by atoms with Crippen LogP contribution >= 0.6 is 0 Å². The van der Waals surface area contributed by atoms with Gasteiger partial charge in [-0.2, -0.15) is 0 Å². The van der Waals surface area contributed by atoms with Crippen molar-refractivity contribution in [1.29, 1.82) is 0 Å². The smallest absolute Gasteiger partial charge is 0.125 e. The largest absolute Gasteiger partial charge is 0.373 e. The molecule has 1 fully saturated rings. The number of rotatable bonds is 0. The van der Waals surface area contributed by atoms with Gasteiger partial charge < -0.3 is 16.4 Å². The van der Waals surface area contributed by atoms with Crippen LogP contribution in [-0.2, 0) is 0 Å². The molecule has 1 heterocycles. The van der Waals surface area contributed by atoms with Crippen molar-refractivity contribution in [2.75, 3.05) is 13.1 Å². The van der Waals surface area contributed by atoms with Crippen molar-refractivity contribution in [3.63, 3.8) is 0 Å². The SMILES string of the molecule is C1C[NH2+]1.[N-]=[N+]=[N-]. The van der Waals surface area contributed by atoms with Crippen LogP contribution in [0.25, 0.3) is 16.0 Å². The van der Waals surface area contributed by atoms with Crippen molar-refractivity contribution >= 4 is 0 Å². The van der Waals surface area contributed by atoms with Gasteiger partial charge in [-0.1, -0.05) is 0 Å². The summed E-state index contributed by atoms with van der Waals surface area (Å²) in [7, 11) is 0. The molecule has 1 saturated heterocycles. The first kappa shape index (κ1) is 5.27. The minimum Gasteiger partial charge on any atom is -0.373 e. The van der Waals surface area contributed by atoms with E-state index in [2.05, 4.69) is 5.32 Å². The van der Waals surface area contributed by atoms with Gasteiger partial charge >= 0.3 is 0 Å². The molecule has 1 aliphatic heterocycles. The van der Waals surface area contributed by atoms with Crippen LogP contribution in [-0.4, -0.2) is 13.1 Å². The summed E-state index contributed by atoms with van der Waals surface area (Å²) in [5, 5.41) is 2.25. The molecule has 0 atom stereocenters. The van der Waals surface area contributed by atoms with Crippen molar-refractivity contribution in [2.45, 2.75) is 0 Å². The van der Waals surface area contributed by atoms with Crippen molar-refractivity contribution in [2.24, 2.45) is 0 Å². The lowest BCUT2D eigenvalue weighted by Gasteiger charge is -1.31. The predicted octanol–water partition coefficient (Wildman–Crippen LogP) is -0.571. The zero-order chi connectivity index (χ0) is 4.83. The van der Waals surface area contributed by atoms with Gasteiger partial charge in [0.2, 0.25) is 0 Å². The van der Waals surface area contributed by atoms with E-state index in [1.165, 1.54) is 18.0 Å². The number of quaternary nitrogens is 1. The average molecular weight is 86.1 g/mol. The van der Waals surface area contributed by atoms with Gasteiger partial charge in [0.25, 0.3) is 0 Å². The van der Waals surface area contributed by atoms with Gasteiger partial charge in [0.05, 0.1) is 0 Å². The van der Waals surface area contributed by atoms with E-state index in [4.69, 9.17) is 11.1 Å². The van der Waals surface area contributed by atoms with Crippen molar-refractivity contribution < 1.29 is 5.32 Å². The Balaban J connectivity index is 0.0000000833. The Morgan fingerprint density at radius 2 is 1.50 bits per heavy atom. The molecule has 2 N–H and O–H groups in total. The van der Waals surface area contributed by atoms with E-state index in [0.29, 0.717) is 0 Å². The fourth-order valence-corrected chi connectivity index (χ4v) is 0. The second-order valence-electron chi connectivity index (χ2n) is 0.955. The number of hydrogen-bond acceptors (Lipinski definition) is 0. The van der Waals surface area contributed by atoms with E-state index in [1.807, 2.05) is 0 Å². The maximum absolute atomic E-state index is 6.75. The summed E-state index contributed by atoms with van der Waals surface area (Å²) in [6.45, 7) is 2.75. The van der Waals surface area contributed by atoms with E-state index in [9.17, 15) is 0 Å². The molecule has 4 nitrogen and oxygen atoms in total. The maximum atomic E-state index is 6.75. The molecule has 0 radical (unpaired) electrons. The van der Waals surface area contributed by atoms with Crippen LogP contribution < -0.4 is 5.32 Å². The second-order valence-corrected chi connectivity index (χ2v) is 0.955. The lowest BCUT2D eigenvalue weighted by molar-refractivity contribution is -0.473. The van der Waals surface area contributed by atoms with Gasteiger partial charge in [0.1, 0.15) is 13.1 Å². The summed E-state index contributed by atoms with van der Waals surface area (Å²) < 4.78 is 0. The standard InChI is InChI=1S/C2H5N.N3/c1-2-3-1;1-3-2/h3H,1-2H2;/q;-1/p+1. The van der Waals surface area contributed by atoms with Gasteiger partial charge in [-0.15, -0.1) is 0 Å². The molecule has 0 aromatic heterocycles. The topological polar surface area (TPSA) is 75.3 Å². The fraction of sp³-hybridized carbons (Fsp3) is 1.00. The third kappa shape index (κ3) is 231. The van der Waals surface area contributed by atoms with Gasteiger partial charge in [-0.25, -0.2) is 0 Å². The number of nitrogens with zero attached hydrogens (tertiary/aromatic N) is 3. The quantitative estimate of drug-likeness (QED) is 0.177. The molecule has 0 saturated carbocycles. The first-order chi connectivity index (χ1) is 2.91. The summed E-state index contributed by atoms with van der Waals surface area (Å²) in [6.07, 6.45) is 0. The average Bonchev–Trinajstić information content (AvgIpc) is 2.11. The highest BCUT2D eigenvalue weighted by molar-refractivity contribution is 4.36. The molecular formula is C2H6N4. The van der Waals surface area contributed by atoms with Crippen LogP contribution in [0.4, 0.5) is 0 Å². The van der Waals surface area contributed by atoms with E-state index < -0.39 is 0 Å². The molecule has 0 amide bonds. The van der Waals surface area contributed by atoms with Gasteiger partial charge in [-0.05, 0) is 0 Å². The highest BCUT2D eigenvalue weighted by Crippen LogP contribution is 1.39. The summed E-state index contributed by atoms with van der Waals surface area (Å²) in [6, 6.07) is 0. The Bertz CT molecular complexity index is 47.8.